The summed E-state index contributed by atoms with van der Waals surface area (Å²) in [6, 6.07) is 4.07. The Labute approximate surface area is 109 Å². The van der Waals surface area contributed by atoms with Crippen LogP contribution in [0.5, 0.6) is 0 Å². The lowest BCUT2D eigenvalue weighted by molar-refractivity contribution is -0.384. The number of nitrogens with zero attached hydrogens (tertiary/aromatic N) is 1. The molecule has 1 rings (SSSR count). The highest BCUT2D eigenvalue weighted by atomic mass is 35.5. The minimum absolute atomic E-state index is 0.119. The second-order valence-corrected chi connectivity index (χ2v) is 4.41. The number of hydrogen-bond acceptors (Lipinski definition) is 4. The number of nitro groups is 1. The van der Waals surface area contributed by atoms with Crippen LogP contribution >= 0.6 is 11.6 Å². The number of benzene rings is 1. The Kier molecular flexibility index (Phi) is 5.06. The highest BCUT2D eigenvalue weighted by Crippen LogP contribution is 2.26. The Bertz CT molecular complexity index is 463. The van der Waals surface area contributed by atoms with Gasteiger partial charge in [0.2, 0.25) is 5.91 Å². The molecule has 0 saturated carbocycles. The van der Waals surface area contributed by atoms with Crippen molar-refractivity contribution < 1.29 is 9.72 Å². The van der Waals surface area contributed by atoms with E-state index in [1.54, 1.807) is 0 Å². The molecule has 0 bridgehead atoms. The zero-order chi connectivity index (χ0) is 13.7. The molecule has 0 saturated heterocycles. The molecule has 1 aromatic rings. The summed E-state index contributed by atoms with van der Waals surface area (Å²) in [6.45, 7) is 3.94. The van der Waals surface area contributed by atoms with E-state index in [0.717, 1.165) is 0 Å². The SMILES string of the molecule is CC(C)NCC(=O)Nc1cc([N+](=O)[O-])ccc1Cl. The number of carbonyl (C=O) groups is 1. The van der Waals surface area contributed by atoms with Crippen LogP contribution in [0.1, 0.15) is 13.8 Å². The number of amides is 1. The van der Waals surface area contributed by atoms with Gasteiger partial charge in [0.05, 0.1) is 22.2 Å². The molecule has 98 valence electrons. The number of nitro benzene ring substituents is 1. The van der Waals surface area contributed by atoms with Gasteiger partial charge in [0.25, 0.3) is 5.69 Å². The maximum Gasteiger partial charge on any atom is 0.271 e. The van der Waals surface area contributed by atoms with Crippen molar-refractivity contribution >= 4 is 28.9 Å². The fraction of sp³-hybridized carbons (Fsp3) is 0.364. The highest BCUT2D eigenvalue weighted by molar-refractivity contribution is 6.33. The van der Waals surface area contributed by atoms with Crippen molar-refractivity contribution in [3.8, 4) is 0 Å². The summed E-state index contributed by atoms with van der Waals surface area (Å²) < 4.78 is 0. The zero-order valence-electron chi connectivity index (χ0n) is 10.1. The van der Waals surface area contributed by atoms with E-state index in [2.05, 4.69) is 10.6 Å². The van der Waals surface area contributed by atoms with Crippen LogP contribution in [0.2, 0.25) is 5.02 Å². The Morgan fingerprint density at radius 3 is 2.72 bits per heavy atom. The van der Waals surface area contributed by atoms with E-state index in [1.165, 1.54) is 18.2 Å². The molecule has 1 aromatic carbocycles. The van der Waals surface area contributed by atoms with E-state index < -0.39 is 4.92 Å². The van der Waals surface area contributed by atoms with E-state index in [4.69, 9.17) is 11.6 Å². The Morgan fingerprint density at radius 1 is 1.50 bits per heavy atom. The van der Waals surface area contributed by atoms with E-state index in [9.17, 15) is 14.9 Å². The number of halogens is 1. The third kappa shape index (κ3) is 4.31. The normalized spacial score (nSPS) is 10.4. The number of carbonyl (C=O) groups excluding carboxylic acids is 1. The van der Waals surface area contributed by atoms with Gasteiger partial charge < -0.3 is 10.6 Å². The third-order valence-corrected chi connectivity index (χ3v) is 2.44. The van der Waals surface area contributed by atoms with Gasteiger partial charge in [-0.1, -0.05) is 25.4 Å². The van der Waals surface area contributed by atoms with Gasteiger partial charge in [-0.2, -0.15) is 0 Å². The van der Waals surface area contributed by atoms with E-state index in [1.807, 2.05) is 13.8 Å². The quantitative estimate of drug-likeness (QED) is 0.635. The smallest absolute Gasteiger partial charge is 0.271 e. The van der Waals surface area contributed by atoms with Crippen molar-refractivity contribution in [2.45, 2.75) is 19.9 Å². The molecular weight excluding hydrogens is 258 g/mol. The number of non-ortho nitro benzene ring substituents is 1. The molecule has 2 N–H and O–H groups in total. The maximum atomic E-state index is 11.5. The number of rotatable bonds is 5. The maximum absolute atomic E-state index is 11.5. The molecule has 6 nitrogen and oxygen atoms in total. The minimum Gasteiger partial charge on any atom is -0.323 e. The van der Waals surface area contributed by atoms with Gasteiger partial charge >= 0.3 is 0 Å². The van der Waals surface area contributed by atoms with Crippen LogP contribution in [0.3, 0.4) is 0 Å². The van der Waals surface area contributed by atoms with Crippen LogP contribution in [-0.2, 0) is 4.79 Å². The lowest BCUT2D eigenvalue weighted by Gasteiger charge is -2.09. The molecule has 0 aliphatic heterocycles. The second-order valence-electron chi connectivity index (χ2n) is 4.01. The Hall–Kier alpha value is -1.66. The largest absolute Gasteiger partial charge is 0.323 e. The van der Waals surface area contributed by atoms with Gasteiger partial charge in [-0.25, -0.2) is 0 Å². The lowest BCUT2D eigenvalue weighted by atomic mass is 10.2. The molecule has 7 heteroatoms. The average Bonchev–Trinajstić information content (AvgIpc) is 2.29. The molecule has 0 atom stereocenters. The highest BCUT2D eigenvalue weighted by Gasteiger charge is 2.12. The minimum atomic E-state index is -0.543. The average molecular weight is 272 g/mol. The van der Waals surface area contributed by atoms with Gasteiger partial charge in [-0.3, -0.25) is 14.9 Å². The third-order valence-electron chi connectivity index (χ3n) is 2.11. The fourth-order valence-corrected chi connectivity index (χ4v) is 1.38. The predicted molar refractivity (Wildman–Crippen MR) is 69.9 cm³/mol. The van der Waals surface area contributed by atoms with Crippen molar-refractivity contribution in [2.75, 3.05) is 11.9 Å². The van der Waals surface area contributed by atoms with E-state index >= 15 is 0 Å². The van der Waals surface area contributed by atoms with Gasteiger partial charge in [-0.05, 0) is 6.07 Å². The van der Waals surface area contributed by atoms with Crippen molar-refractivity contribution in [3.63, 3.8) is 0 Å². The Balaban J connectivity index is 2.74. The van der Waals surface area contributed by atoms with Crippen LogP contribution in [-0.4, -0.2) is 23.4 Å². The van der Waals surface area contributed by atoms with Crippen molar-refractivity contribution in [3.05, 3.63) is 33.3 Å². The van der Waals surface area contributed by atoms with Crippen LogP contribution in [0.4, 0.5) is 11.4 Å². The molecule has 0 radical (unpaired) electrons. The fourth-order valence-electron chi connectivity index (χ4n) is 1.21. The first-order valence-electron chi connectivity index (χ1n) is 5.37. The molecule has 18 heavy (non-hydrogen) atoms. The zero-order valence-corrected chi connectivity index (χ0v) is 10.8. The van der Waals surface area contributed by atoms with E-state index in [-0.39, 0.29) is 34.9 Å². The first-order chi connectivity index (χ1) is 8.40. The molecule has 0 fully saturated rings. The molecule has 0 spiro atoms. The van der Waals surface area contributed by atoms with Crippen molar-refractivity contribution in [1.82, 2.24) is 5.32 Å². The first kappa shape index (κ1) is 14.4. The summed E-state index contributed by atoms with van der Waals surface area (Å²) in [5, 5.41) is 16.3. The number of nitrogens with one attached hydrogen (secondary N) is 2. The van der Waals surface area contributed by atoms with Crippen LogP contribution in [0, 0.1) is 10.1 Å². The van der Waals surface area contributed by atoms with Gasteiger partial charge in [0, 0.05) is 18.2 Å². The summed E-state index contributed by atoms with van der Waals surface area (Å²) in [7, 11) is 0. The van der Waals surface area contributed by atoms with Gasteiger partial charge in [0.15, 0.2) is 0 Å². The van der Waals surface area contributed by atoms with Crippen LogP contribution in [0.15, 0.2) is 18.2 Å². The predicted octanol–water partition coefficient (Wildman–Crippen LogP) is 2.18. The molecule has 1 amide bonds. The lowest BCUT2D eigenvalue weighted by Crippen LogP contribution is -2.32. The molecule has 0 aromatic heterocycles. The second kappa shape index (κ2) is 6.32. The van der Waals surface area contributed by atoms with Crippen molar-refractivity contribution in [2.24, 2.45) is 0 Å². The monoisotopic (exact) mass is 271 g/mol. The molecule has 0 aliphatic carbocycles. The van der Waals surface area contributed by atoms with Crippen LogP contribution in [0.25, 0.3) is 0 Å². The van der Waals surface area contributed by atoms with Gasteiger partial charge in [-0.15, -0.1) is 0 Å². The summed E-state index contributed by atoms with van der Waals surface area (Å²) in [5.41, 5.74) is 0.118. The van der Waals surface area contributed by atoms with E-state index in [0.29, 0.717) is 0 Å². The Morgan fingerprint density at radius 2 is 2.17 bits per heavy atom. The summed E-state index contributed by atoms with van der Waals surface area (Å²) in [5.74, 6) is -0.300. The summed E-state index contributed by atoms with van der Waals surface area (Å²) in [6.07, 6.45) is 0. The van der Waals surface area contributed by atoms with Crippen molar-refractivity contribution in [1.29, 1.82) is 0 Å². The standard InChI is InChI=1S/C11H14ClN3O3/c1-7(2)13-6-11(16)14-10-5-8(15(17)18)3-4-9(10)12/h3-5,7,13H,6H2,1-2H3,(H,14,16). The molecule has 0 unspecified atom stereocenters. The van der Waals surface area contributed by atoms with Gasteiger partial charge in [0.1, 0.15) is 0 Å². The first-order valence-corrected chi connectivity index (χ1v) is 5.75. The topological polar surface area (TPSA) is 84.3 Å². The molecule has 0 aliphatic rings. The number of anilines is 1. The summed E-state index contributed by atoms with van der Waals surface area (Å²) >= 11 is 5.85. The number of hydrogen-bond donors (Lipinski definition) is 2. The molecule has 0 heterocycles. The molecular formula is C11H14ClN3O3. The van der Waals surface area contributed by atoms with Crippen LogP contribution < -0.4 is 10.6 Å². The summed E-state index contributed by atoms with van der Waals surface area (Å²) in [4.78, 5) is 21.6.